The molecule has 1 heterocycles. The third-order valence-electron chi connectivity index (χ3n) is 2.62. The van der Waals surface area contributed by atoms with Crippen LogP contribution in [0.25, 0.3) is 0 Å². The van der Waals surface area contributed by atoms with Crippen molar-refractivity contribution >= 4 is 43.1 Å². The standard InChI is InChI=1S/C11H10BrNO4S/c1-18(16,17)8-2-3-10(9(12)5-8)13-6-7(14)4-11(13)15/h2-3,5H,4,6H2,1H3. The Morgan fingerprint density at radius 2 is 1.94 bits per heavy atom. The number of Topliss-reactive ketones (excluding diaryl/α,β-unsaturated/α-hetero) is 1. The Balaban J connectivity index is 2.43. The molecule has 7 heteroatoms. The van der Waals surface area contributed by atoms with Crippen molar-refractivity contribution in [2.24, 2.45) is 0 Å². The normalized spacial score (nSPS) is 16.4. The molecule has 0 aliphatic carbocycles. The molecule has 1 fully saturated rings. The van der Waals surface area contributed by atoms with Gasteiger partial charge in [-0.15, -0.1) is 0 Å². The molecule has 0 N–H and O–H groups in total. The highest BCUT2D eigenvalue weighted by Crippen LogP contribution is 2.31. The van der Waals surface area contributed by atoms with Crippen LogP contribution < -0.4 is 4.90 Å². The van der Waals surface area contributed by atoms with Crippen LogP contribution in [0.3, 0.4) is 0 Å². The summed E-state index contributed by atoms with van der Waals surface area (Å²) in [5, 5.41) is 0. The summed E-state index contributed by atoms with van der Waals surface area (Å²) in [7, 11) is -3.29. The zero-order valence-corrected chi connectivity index (χ0v) is 11.9. The molecular weight excluding hydrogens is 322 g/mol. The lowest BCUT2D eigenvalue weighted by molar-refractivity contribution is -0.121. The Hall–Kier alpha value is -1.21. The van der Waals surface area contributed by atoms with Crippen LogP contribution in [0.15, 0.2) is 27.6 Å². The van der Waals surface area contributed by atoms with E-state index in [1.165, 1.54) is 23.1 Å². The molecule has 0 aromatic heterocycles. The van der Waals surface area contributed by atoms with E-state index in [4.69, 9.17) is 0 Å². The van der Waals surface area contributed by atoms with Crippen molar-refractivity contribution < 1.29 is 18.0 Å². The summed E-state index contributed by atoms with van der Waals surface area (Å²) in [5.74, 6) is -0.410. The minimum absolute atomic E-state index is 0.0374. The van der Waals surface area contributed by atoms with Gasteiger partial charge in [0, 0.05) is 10.7 Å². The van der Waals surface area contributed by atoms with E-state index in [2.05, 4.69) is 15.9 Å². The van der Waals surface area contributed by atoms with Gasteiger partial charge in [0.2, 0.25) is 5.91 Å². The van der Waals surface area contributed by atoms with Gasteiger partial charge >= 0.3 is 0 Å². The maximum absolute atomic E-state index is 11.6. The fourth-order valence-corrected chi connectivity index (χ4v) is 3.13. The zero-order valence-electron chi connectivity index (χ0n) is 9.51. The Kier molecular flexibility index (Phi) is 3.29. The average Bonchev–Trinajstić information content (AvgIpc) is 2.56. The van der Waals surface area contributed by atoms with Gasteiger partial charge in [0.25, 0.3) is 0 Å². The number of hydrogen-bond donors (Lipinski definition) is 0. The second-order valence-corrected chi connectivity index (χ2v) is 6.95. The van der Waals surface area contributed by atoms with Gasteiger partial charge in [-0.2, -0.15) is 0 Å². The number of nitrogens with zero attached hydrogens (tertiary/aromatic N) is 1. The quantitative estimate of drug-likeness (QED) is 0.762. The predicted octanol–water partition coefficient (Wildman–Crippen LogP) is 1.16. The van der Waals surface area contributed by atoms with Crippen LogP contribution in [0.4, 0.5) is 5.69 Å². The van der Waals surface area contributed by atoms with Gasteiger partial charge in [-0.3, -0.25) is 9.59 Å². The first-order valence-electron chi connectivity index (χ1n) is 5.11. The third kappa shape index (κ3) is 2.46. The van der Waals surface area contributed by atoms with Crippen molar-refractivity contribution in [2.45, 2.75) is 11.3 Å². The van der Waals surface area contributed by atoms with Crippen LogP contribution in [0.2, 0.25) is 0 Å². The molecule has 0 atom stereocenters. The fourth-order valence-electron chi connectivity index (χ4n) is 1.74. The van der Waals surface area contributed by atoms with Crippen molar-refractivity contribution in [2.75, 3.05) is 17.7 Å². The van der Waals surface area contributed by atoms with Gasteiger partial charge in [-0.05, 0) is 34.1 Å². The van der Waals surface area contributed by atoms with E-state index in [9.17, 15) is 18.0 Å². The summed E-state index contributed by atoms with van der Waals surface area (Å²) in [6.45, 7) is 0.0374. The topological polar surface area (TPSA) is 71.5 Å². The monoisotopic (exact) mass is 331 g/mol. The van der Waals surface area contributed by atoms with Gasteiger partial charge in [0.05, 0.1) is 23.5 Å². The highest BCUT2D eigenvalue weighted by atomic mass is 79.9. The van der Waals surface area contributed by atoms with Gasteiger partial charge in [-0.25, -0.2) is 8.42 Å². The molecule has 1 aromatic carbocycles. The predicted molar refractivity (Wildman–Crippen MR) is 69.2 cm³/mol. The number of sulfone groups is 1. The van der Waals surface area contributed by atoms with Crippen LogP contribution in [0.5, 0.6) is 0 Å². The lowest BCUT2D eigenvalue weighted by atomic mass is 10.3. The molecule has 1 aromatic rings. The van der Waals surface area contributed by atoms with Crippen molar-refractivity contribution in [1.82, 2.24) is 0 Å². The summed E-state index contributed by atoms with van der Waals surface area (Å²) >= 11 is 3.23. The number of rotatable bonds is 2. The smallest absolute Gasteiger partial charge is 0.234 e. The second-order valence-electron chi connectivity index (χ2n) is 4.08. The number of carbonyl (C=O) groups is 2. The van der Waals surface area contributed by atoms with Crippen LogP contribution >= 0.6 is 15.9 Å². The lowest BCUT2D eigenvalue weighted by Crippen LogP contribution is -2.24. The number of carbonyl (C=O) groups excluding carboxylic acids is 2. The zero-order chi connectivity index (χ0) is 13.5. The van der Waals surface area contributed by atoms with E-state index in [1.54, 1.807) is 0 Å². The Morgan fingerprint density at radius 3 is 2.39 bits per heavy atom. The molecule has 1 saturated heterocycles. The number of halogens is 1. The molecule has 18 heavy (non-hydrogen) atoms. The van der Waals surface area contributed by atoms with Gasteiger partial charge in [-0.1, -0.05) is 0 Å². The van der Waals surface area contributed by atoms with Crippen LogP contribution in [-0.2, 0) is 19.4 Å². The second kappa shape index (κ2) is 4.47. The van der Waals surface area contributed by atoms with E-state index in [0.29, 0.717) is 10.2 Å². The summed E-state index contributed by atoms with van der Waals surface area (Å²) in [6, 6.07) is 4.38. The van der Waals surface area contributed by atoms with Crippen LogP contribution in [0.1, 0.15) is 6.42 Å². The van der Waals surface area contributed by atoms with E-state index in [-0.39, 0.29) is 29.6 Å². The molecule has 0 unspecified atom stereocenters. The lowest BCUT2D eigenvalue weighted by Gasteiger charge is -2.17. The van der Waals surface area contributed by atoms with Gasteiger partial charge in [0.1, 0.15) is 0 Å². The molecule has 1 aliphatic heterocycles. The Bertz CT molecular complexity index is 638. The van der Waals surface area contributed by atoms with E-state index in [1.807, 2.05) is 0 Å². The molecule has 0 spiro atoms. The van der Waals surface area contributed by atoms with Gasteiger partial charge in [0.15, 0.2) is 15.6 Å². The first kappa shape index (κ1) is 13.2. The molecule has 0 saturated carbocycles. The number of amides is 1. The van der Waals surface area contributed by atoms with Crippen LogP contribution in [0, 0.1) is 0 Å². The number of anilines is 1. The summed E-state index contributed by atoms with van der Waals surface area (Å²) < 4.78 is 23.2. The molecule has 96 valence electrons. The number of hydrogen-bond acceptors (Lipinski definition) is 4. The fraction of sp³-hybridized carbons (Fsp3) is 0.273. The first-order valence-corrected chi connectivity index (χ1v) is 7.79. The molecule has 5 nitrogen and oxygen atoms in total. The summed E-state index contributed by atoms with van der Waals surface area (Å²) in [4.78, 5) is 24.3. The maximum atomic E-state index is 11.6. The molecule has 1 amide bonds. The Morgan fingerprint density at radius 1 is 1.28 bits per heavy atom. The van der Waals surface area contributed by atoms with E-state index < -0.39 is 9.84 Å². The summed E-state index contributed by atoms with van der Waals surface area (Å²) in [6.07, 6.45) is 1.01. The minimum Gasteiger partial charge on any atom is -0.303 e. The van der Waals surface area contributed by atoms with Crippen molar-refractivity contribution in [3.05, 3.63) is 22.7 Å². The molecule has 0 bridgehead atoms. The molecular formula is C11H10BrNO4S. The van der Waals surface area contributed by atoms with Crippen molar-refractivity contribution in [1.29, 1.82) is 0 Å². The maximum Gasteiger partial charge on any atom is 0.234 e. The molecule has 2 rings (SSSR count). The largest absolute Gasteiger partial charge is 0.303 e. The number of benzene rings is 1. The minimum atomic E-state index is -3.29. The average molecular weight is 332 g/mol. The highest BCUT2D eigenvalue weighted by Gasteiger charge is 2.29. The van der Waals surface area contributed by atoms with Crippen LogP contribution in [-0.4, -0.2) is 32.9 Å². The highest BCUT2D eigenvalue weighted by molar-refractivity contribution is 9.10. The SMILES string of the molecule is CS(=O)(=O)c1ccc(N2CC(=O)CC2=O)c(Br)c1. The van der Waals surface area contributed by atoms with E-state index >= 15 is 0 Å². The Labute approximate surface area is 113 Å². The molecule has 0 radical (unpaired) electrons. The first-order chi connectivity index (χ1) is 8.29. The summed E-state index contributed by atoms with van der Waals surface area (Å²) in [5.41, 5.74) is 0.512. The van der Waals surface area contributed by atoms with Crippen molar-refractivity contribution in [3.63, 3.8) is 0 Å². The number of ketones is 1. The third-order valence-corrected chi connectivity index (χ3v) is 4.37. The van der Waals surface area contributed by atoms with E-state index in [0.717, 1.165) is 6.26 Å². The van der Waals surface area contributed by atoms with Crippen molar-refractivity contribution in [3.8, 4) is 0 Å². The molecule has 1 aliphatic rings. The van der Waals surface area contributed by atoms with Gasteiger partial charge < -0.3 is 4.90 Å².